The van der Waals surface area contributed by atoms with Gasteiger partial charge in [-0.25, -0.2) is 9.50 Å². The number of fused-ring (bicyclic) bond motifs is 2. The summed E-state index contributed by atoms with van der Waals surface area (Å²) in [6.07, 6.45) is 2.88. The Balaban J connectivity index is 1.36. The lowest BCUT2D eigenvalue weighted by molar-refractivity contribution is -0.384. The quantitative estimate of drug-likeness (QED) is 0.252. The van der Waals surface area contributed by atoms with Crippen LogP contribution in [0.3, 0.4) is 0 Å². The van der Waals surface area contributed by atoms with E-state index in [1.807, 2.05) is 6.07 Å². The Hall–Kier alpha value is -3.59. The number of hydrogen-bond donors (Lipinski definition) is 0. The van der Waals surface area contributed by atoms with Crippen LogP contribution >= 0.6 is 11.8 Å². The maximum absolute atomic E-state index is 12.8. The van der Waals surface area contributed by atoms with Crippen LogP contribution in [0.2, 0.25) is 0 Å². The molecule has 0 saturated carbocycles. The van der Waals surface area contributed by atoms with Gasteiger partial charge >= 0.3 is 0 Å². The number of nitro benzene ring substituents is 1. The Morgan fingerprint density at radius 1 is 1.16 bits per heavy atom. The molecule has 5 rings (SSSR count). The zero-order valence-electron chi connectivity index (χ0n) is 17.3. The van der Waals surface area contributed by atoms with Crippen LogP contribution < -0.4 is 0 Å². The molecule has 2 aromatic carbocycles. The van der Waals surface area contributed by atoms with Gasteiger partial charge in [-0.05, 0) is 30.4 Å². The number of thioether (sulfide) groups is 1. The van der Waals surface area contributed by atoms with Gasteiger partial charge in [0.1, 0.15) is 0 Å². The minimum absolute atomic E-state index is 0.0630. The van der Waals surface area contributed by atoms with E-state index in [0.29, 0.717) is 35.1 Å². The Morgan fingerprint density at radius 2 is 1.97 bits per heavy atom. The standard InChI is InChI=1S/C23H19N5O3S/c1-14-3-2-4-16(9-14)17-10-20-19(21(29)11-17)12-27-22(24-20)25-23(26-27)32-13-15-5-7-18(8-6-15)28(30)31/h2-9,12,17H,10-11,13H2,1H3. The van der Waals surface area contributed by atoms with Crippen LogP contribution in [0, 0.1) is 17.0 Å². The number of benzene rings is 2. The number of rotatable bonds is 5. The highest BCUT2D eigenvalue weighted by Crippen LogP contribution is 2.32. The van der Waals surface area contributed by atoms with Gasteiger partial charge in [-0.15, -0.1) is 5.10 Å². The molecule has 0 fully saturated rings. The first-order valence-electron chi connectivity index (χ1n) is 10.2. The first kappa shape index (κ1) is 20.3. The molecular weight excluding hydrogens is 426 g/mol. The lowest BCUT2D eigenvalue weighted by atomic mass is 9.82. The molecule has 32 heavy (non-hydrogen) atoms. The van der Waals surface area contributed by atoms with E-state index in [0.717, 1.165) is 16.8 Å². The van der Waals surface area contributed by atoms with Crippen molar-refractivity contribution in [3.05, 3.63) is 92.8 Å². The van der Waals surface area contributed by atoms with Gasteiger partial charge in [0.2, 0.25) is 5.16 Å². The molecule has 1 aliphatic rings. The van der Waals surface area contributed by atoms with Crippen LogP contribution in [-0.2, 0) is 12.2 Å². The summed E-state index contributed by atoms with van der Waals surface area (Å²) >= 11 is 1.42. The molecule has 2 aromatic heterocycles. The van der Waals surface area contributed by atoms with E-state index in [1.54, 1.807) is 22.8 Å². The number of nitrogens with zero attached hydrogens (tertiary/aromatic N) is 5. The molecule has 8 nitrogen and oxygen atoms in total. The van der Waals surface area contributed by atoms with Gasteiger partial charge in [0.05, 0.1) is 16.2 Å². The van der Waals surface area contributed by atoms with E-state index in [4.69, 9.17) is 0 Å². The van der Waals surface area contributed by atoms with Crippen molar-refractivity contribution in [3.63, 3.8) is 0 Å². The molecule has 2 heterocycles. The predicted octanol–water partition coefficient (Wildman–Crippen LogP) is 4.55. The van der Waals surface area contributed by atoms with Crippen LogP contribution in [0.1, 0.15) is 45.1 Å². The van der Waals surface area contributed by atoms with Gasteiger partial charge in [-0.3, -0.25) is 14.9 Å². The summed E-state index contributed by atoms with van der Waals surface area (Å²) in [5.74, 6) is 1.22. The molecule has 1 aliphatic carbocycles. The van der Waals surface area contributed by atoms with E-state index < -0.39 is 4.92 Å². The second-order valence-electron chi connectivity index (χ2n) is 7.89. The van der Waals surface area contributed by atoms with Crippen LogP contribution in [0.15, 0.2) is 59.9 Å². The zero-order valence-corrected chi connectivity index (χ0v) is 18.1. The van der Waals surface area contributed by atoms with E-state index >= 15 is 0 Å². The number of carbonyl (C=O) groups excluding carboxylic acids is 1. The van der Waals surface area contributed by atoms with Crippen LogP contribution in [0.4, 0.5) is 5.69 Å². The fraction of sp³-hybridized carbons (Fsp3) is 0.217. The highest BCUT2D eigenvalue weighted by molar-refractivity contribution is 7.98. The van der Waals surface area contributed by atoms with E-state index in [9.17, 15) is 14.9 Å². The van der Waals surface area contributed by atoms with Gasteiger partial charge in [0, 0.05) is 30.5 Å². The Bertz CT molecular complexity index is 1350. The highest BCUT2D eigenvalue weighted by atomic mass is 32.2. The molecule has 160 valence electrons. The summed E-state index contributed by atoms with van der Waals surface area (Å²) in [5, 5.41) is 15.8. The monoisotopic (exact) mass is 445 g/mol. The average molecular weight is 446 g/mol. The number of hydrogen-bond acceptors (Lipinski definition) is 7. The van der Waals surface area contributed by atoms with Crippen LogP contribution in [0.25, 0.3) is 5.78 Å². The van der Waals surface area contributed by atoms with E-state index in [-0.39, 0.29) is 17.4 Å². The van der Waals surface area contributed by atoms with Crippen molar-refractivity contribution >= 4 is 29.0 Å². The average Bonchev–Trinajstić information content (AvgIpc) is 3.18. The molecule has 0 spiro atoms. The van der Waals surface area contributed by atoms with Crippen LogP contribution in [-0.4, -0.2) is 30.3 Å². The summed E-state index contributed by atoms with van der Waals surface area (Å²) in [6, 6.07) is 14.7. The summed E-state index contributed by atoms with van der Waals surface area (Å²) in [5.41, 5.74) is 4.71. The maximum atomic E-state index is 12.8. The number of non-ortho nitro benzene ring substituents is 1. The minimum atomic E-state index is -0.418. The fourth-order valence-corrected chi connectivity index (χ4v) is 4.73. The third-order valence-corrected chi connectivity index (χ3v) is 6.50. The molecule has 9 heteroatoms. The van der Waals surface area contributed by atoms with Gasteiger partial charge in [0.15, 0.2) is 5.78 Å². The van der Waals surface area contributed by atoms with Crippen LogP contribution in [0.5, 0.6) is 0 Å². The first-order chi connectivity index (χ1) is 15.5. The molecule has 1 unspecified atom stereocenters. The molecule has 0 amide bonds. The Kier molecular flexibility index (Phi) is 5.18. The van der Waals surface area contributed by atoms with E-state index in [1.165, 1.54) is 29.5 Å². The number of aromatic nitrogens is 4. The smallest absolute Gasteiger partial charge is 0.269 e. The maximum Gasteiger partial charge on any atom is 0.269 e. The van der Waals surface area contributed by atoms with Gasteiger partial charge < -0.3 is 0 Å². The third kappa shape index (κ3) is 3.99. The van der Waals surface area contributed by atoms with Crippen molar-refractivity contribution in [2.24, 2.45) is 0 Å². The molecule has 0 N–H and O–H groups in total. The van der Waals surface area contributed by atoms with Gasteiger partial charge in [-0.1, -0.05) is 53.7 Å². The SMILES string of the molecule is Cc1cccc(C2CC(=O)c3cn4nc(SCc5ccc([N+](=O)[O-])cc5)nc4nc3C2)c1. The lowest BCUT2D eigenvalue weighted by Gasteiger charge is -2.23. The summed E-state index contributed by atoms with van der Waals surface area (Å²) < 4.78 is 1.56. The molecule has 4 aromatic rings. The Morgan fingerprint density at radius 3 is 2.72 bits per heavy atom. The van der Waals surface area contributed by atoms with Crippen molar-refractivity contribution in [2.75, 3.05) is 0 Å². The van der Waals surface area contributed by atoms with Crippen molar-refractivity contribution in [2.45, 2.75) is 36.6 Å². The van der Waals surface area contributed by atoms with Crippen molar-refractivity contribution < 1.29 is 9.72 Å². The third-order valence-electron chi connectivity index (χ3n) is 5.59. The number of carbonyl (C=O) groups is 1. The topological polar surface area (TPSA) is 103 Å². The minimum Gasteiger partial charge on any atom is -0.294 e. The first-order valence-corrected chi connectivity index (χ1v) is 11.2. The molecule has 1 atom stereocenters. The Labute approximate surface area is 187 Å². The normalized spacial score (nSPS) is 15.7. The second kappa shape index (κ2) is 8.16. The number of Topliss-reactive ketones (excluding diaryl/α,β-unsaturated/α-hetero) is 1. The van der Waals surface area contributed by atoms with Crippen molar-refractivity contribution in [3.8, 4) is 0 Å². The summed E-state index contributed by atoms with van der Waals surface area (Å²) in [7, 11) is 0. The van der Waals surface area contributed by atoms with Crippen molar-refractivity contribution in [1.82, 2.24) is 19.6 Å². The largest absolute Gasteiger partial charge is 0.294 e. The molecular formula is C23H19N5O3S. The zero-order chi connectivity index (χ0) is 22.2. The second-order valence-corrected chi connectivity index (χ2v) is 8.84. The fourth-order valence-electron chi connectivity index (χ4n) is 3.95. The van der Waals surface area contributed by atoms with Crippen molar-refractivity contribution in [1.29, 1.82) is 0 Å². The molecule has 0 saturated heterocycles. The predicted molar refractivity (Wildman–Crippen MR) is 120 cm³/mol. The van der Waals surface area contributed by atoms with Gasteiger partial charge in [0.25, 0.3) is 11.5 Å². The van der Waals surface area contributed by atoms with E-state index in [2.05, 4.69) is 40.2 Å². The molecule has 0 aliphatic heterocycles. The number of ketones is 1. The molecule has 0 bridgehead atoms. The summed E-state index contributed by atoms with van der Waals surface area (Å²) in [4.78, 5) is 32.4. The lowest BCUT2D eigenvalue weighted by Crippen LogP contribution is -2.21. The number of nitro groups is 1. The van der Waals surface area contributed by atoms with Gasteiger partial charge in [-0.2, -0.15) is 4.98 Å². The highest BCUT2D eigenvalue weighted by Gasteiger charge is 2.28. The number of aryl methyl sites for hydroxylation is 1. The molecule has 0 radical (unpaired) electrons. The summed E-state index contributed by atoms with van der Waals surface area (Å²) in [6.45, 7) is 2.05.